The number of rotatable bonds is 4. The zero-order valence-corrected chi connectivity index (χ0v) is 9.63. The Bertz CT molecular complexity index is 550. The van der Waals surface area contributed by atoms with Crippen LogP contribution >= 0.6 is 0 Å². The number of hydrogen-bond donors (Lipinski definition) is 1. The molecule has 0 aliphatic carbocycles. The van der Waals surface area contributed by atoms with E-state index in [4.69, 9.17) is 0 Å². The summed E-state index contributed by atoms with van der Waals surface area (Å²) in [5, 5.41) is 7.18. The summed E-state index contributed by atoms with van der Waals surface area (Å²) in [6, 6.07) is 6.92. The monoisotopic (exact) mass is 230 g/mol. The van der Waals surface area contributed by atoms with Gasteiger partial charge in [0.05, 0.1) is 6.54 Å². The fourth-order valence-corrected chi connectivity index (χ4v) is 1.56. The fourth-order valence-electron chi connectivity index (χ4n) is 1.56. The lowest BCUT2D eigenvalue weighted by atomic mass is 10.2. The molecule has 17 heavy (non-hydrogen) atoms. The summed E-state index contributed by atoms with van der Waals surface area (Å²) in [7, 11) is 0. The van der Waals surface area contributed by atoms with Crippen molar-refractivity contribution in [3.63, 3.8) is 0 Å². The summed E-state index contributed by atoms with van der Waals surface area (Å²) in [4.78, 5) is 15.8. The second-order valence-electron chi connectivity index (χ2n) is 3.56. The van der Waals surface area contributed by atoms with Crippen LogP contribution in [0.3, 0.4) is 0 Å². The lowest BCUT2D eigenvalue weighted by Gasteiger charge is -2.09. The largest absolute Gasteiger partial charge is 0.370 e. The molecule has 88 valence electrons. The van der Waals surface area contributed by atoms with Gasteiger partial charge in [-0.3, -0.25) is 4.79 Å². The van der Waals surface area contributed by atoms with Crippen molar-refractivity contribution in [3.8, 4) is 0 Å². The Morgan fingerprint density at radius 1 is 1.29 bits per heavy atom. The van der Waals surface area contributed by atoms with E-state index in [1.807, 2.05) is 19.1 Å². The Morgan fingerprint density at radius 3 is 2.88 bits per heavy atom. The molecule has 0 saturated heterocycles. The molecule has 0 aromatic carbocycles. The molecule has 1 N–H and O–H groups in total. The average Bonchev–Trinajstić information content (AvgIpc) is 2.35. The van der Waals surface area contributed by atoms with Crippen molar-refractivity contribution in [3.05, 3.63) is 52.6 Å². The van der Waals surface area contributed by atoms with E-state index in [-0.39, 0.29) is 5.56 Å². The van der Waals surface area contributed by atoms with Crippen molar-refractivity contribution < 1.29 is 0 Å². The van der Waals surface area contributed by atoms with Gasteiger partial charge in [0, 0.05) is 30.6 Å². The predicted molar refractivity (Wildman–Crippen MR) is 66.0 cm³/mol. The number of anilines is 1. The van der Waals surface area contributed by atoms with E-state index in [0.717, 1.165) is 17.9 Å². The molecule has 5 nitrogen and oxygen atoms in total. The normalized spacial score (nSPS) is 10.2. The lowest BCUT2D eigenvalue weighted by molar-refractivity contribution is 0.638. The van der Waals surface area contributed by atoms with Crippen LogP contribution in [0.4, 0.5) is 5.82 Å². The molecule has 2 rings (SSSR count). The highest BCUT2D eigenvalue weighted by atomic mass is 16.1. The topological polar surface area (TPSA) is 59.8 Å². The lowest BCUT2D eigenvalue weighted by Crippen LogP contribution is -2.22. The van der Waals surface area contributed by atoms with Crippen molar-refractivity contribution in [1.82, 2.24) is 14.8 Å². The van der Waals surface area contributed by atoms with Crippen LogP contribution in [0, 0.1) is 0 Å². The van der Waals surface area contributed by atoms with Crippen LogP contribution in [0.5, 0.6) is 0 Å². The maximum Gasteiger partial charge on any atom is 0.267 e. The highest BCUT2D eigenvalue weighted by Gasteiger charge is 2.04. The number of aromatic nitrogens is 3. The van der Waals surface area contributed by atoms with E-state index in [1.54, 1.807) is 18.5 Å². The first kappa shape index (κ1) is 11.3. The Kier molecular flexibility index (Phi) is 3.49. The molecule has 0 amide bonds. The van der Waals surface area contributed by atoms with Crippen LogP contribution in [0.2, 0.25) is 0 Å². The van der Waals surface area contributed by atoms with Gasteiger partial charge in [-0.1, -0.05) is 6.07 Å². The first-order valence-electron chi connectivity index (χ1n) is 5.51. The smallest absolute Gasteiger partial charge is 0.267 e. The van der Waals surface area contributed by atoms with Crippen LogP contribution in [-0.2, 0) is 6.54 Å². The highest BCUT2D eigenvalue weighted by molar-refractivity contribution is 5.43. The third kappa shape index (κ3) is 2.69. The van der Waals surface area contributed by atoms with Crippen molar-refractivity contribution in [2.45, 2.75) is 13.5 Å². The van der Waals surface area contributed by atoms with Crippen LogP contribution in [-0.4, -0.2) is 21.3 Å². The molecule has 2 heterocycles. The summed E-state index contributed by atoms with van der Waals surface area (Å²) >= 11 is 0. The van der Waals surface area contributed by atoms with Gasteiger partial charge in [0.25, 0.3) is 5.56 Å². The Balaban J connectivity index is 2.30. The quantitative estimate of drug-likeness (QED) is 0.855. The van der Waals surface area contributed by atoms with Crippen LogP contribution < -0.4 is 10.9 Å². The third-order valence-electron chi connectivity index (χ3n) is 2.34. The molecule has 5 heteroatoms. The van der Waals surface area contributed by atoms with Gasteiger partial charge in [-0.15, -0.1) is 0 Å². The number of nitrogens with one attached hydrogen (secondary N) is 1. The molecule has 0 radical (unpaired) electrons. The Morgan fingerprint density at radius 2 is 2.12 bits per heavy atom. The van der Waals surface area contributed by atoms with Crippen molar-refractivity contribution in [2.75, 3.05) is 11.9 Å². The van der Waals surface area contributed by atoms with Crippen molar-refractivity contribution >= 4 is 5.82 Å². The van der Waals surface area contributed by atoms with Gasteiger partial charge < -0.3 is 5.32 Å². The third-order valence-corrected chi connectivity index (χ3v) is 2.34. The number of nitrogens with zero attached hydrogens (tertiary/aromatic N) is 3. The van der Waals surface area contributed by atoms with Gasteiger partial charge in [-0.2, -0.15) is 5.10 Å². The molecule has 0 fully saturated rings. The van der Waals surface area contributed by atoms with Gasteiger partial charge in [-0.05, 0) is 19.1 Å². The first-order valence-corrected chi connectivity index (χ1v) is 5.51. The summed E-state index contributed by atoms with van der Waals surface area (Å²) in [5.41, 5.74) is 0.842. The average molecular weight is 230 g/mol. The van der Waals surface area contributed by atoms with Gasteiger partial charge in [0.1, 0.15) is 5.82 Å². The second-order valence-corrected chi connectivity index (χ2v) is 3.56. The summed E-state index contributed by atoms with van der Waals surface area (Å²) in [5.74, 6) is 0.799. The van der Waals surface area contributed by atoms with Gasteiger partial charge in [0.2, 0.25) is 0 Å². The van der Waals surface area contributed by atoms with Crippen LogP contribution in [0.25, 0.3) is 0 Å². The molecular formula is C12H14N4O. The molecule has 0 bridgehead atoms. The zero-order valence-electron chi connectivity index (χ0n) is 9.63. The molecule has 0 aliphatic heterocycles. The van der Waals surface area contributed by atoms with Crippen LogP contribution in [0.1, 0.15) is 12.5 Å². The minimum Gasteiger partial charge on any atom is -0.370 e. The summed E-state index contributed by atoms with van der Waals surface area (Å²) in [6.07, 6.45) is 3.33. The summed E-state index contributed by atoms with van der Waals surface area (Å²) < 4.78 is 1.41. The van der Waals surface area contributed by atoms with Gasteiger partial charge in [0.15, 0.2) is 0 Å². The second kappa shape index (κ2) is 5.25. The van der Waals surface area contributed by atoms with E-state index in [2.05, 4.69) is 15.4 Å². The molecule has 0 saturated carbocycles. The molecule has 2 aromatic rings. The van der Waals surface area contributed by atoms with E-state index in [1.165, 1.54) is 10.7 Å². The highest BCUT2D eigenvalue weighted by Crippen LogP contribution is 2.11. The van der Waals surface area contributed by atoms with E-state index >= 15 is 0 Å². The SMILES string of the molecule is CCNc1ncccc1Cn1ncccc1=O. The van der Waals surface area contributed by atoms with Crippen molar-refractivity contribution in [1.29, 1.82) is 0 Å². The zero-order chi connectivity index (χ0) is 12.1. The minimum absolute atomic E-state index is 0.112. The Labute approximate surface area is 99.1 Å². The summed E-state index contributed by atoms with van der Waals surface area (Å²) in [6.45, 7) is 3.22. The molecule has 0 atom stereocenters. The van der Waals surface area contributed by atoms with E-state index < -0.39 is 0 Å². The van der Waals surface area contributed by atoms with Crippen molar-refractivity contribution in [2.24, 2.45) is 0 Å². The van der Waals surface area contributed by atoms with E-state index in [0.29, 0.717) is 6.54 Å². The molecule has 0 aliphatic rings. The predicted octanol–water partition coefficient (Wildman–Crippen LogP) is 1.12. The number of pyridine rings is 1. The maximum absolute atomic E-state index is 11.6. The molecule has 2 aromatic heterocycles. The minimum atomic E-state index is -0.112. The number of hydrogen-bond acceptors (Lipinski definition) is 4. The van der Waals surface area contributed by atoms with Gasteiger partial charge in [-0.25, -0.2) is 9.67 Å². The first-order chi connectivity index (χ1) is 8.31. The van der Waals surface area contributed by atoms with Gasteiger partial charge >= 0.3 is 0 Å². The molecular weight excluding hydrogens is 216 g/mol. The Hall–Kier alpha value is -2.17. The van der Waals surface area contributed by atoms with E-state index in [9.17, 15) is 4.79 Å². The fraction of sp³-hybridized carbons (Fsp3) is 0.250. The molecule has 0 spiro atoms. The maximum atomic E-state index is 11.6. The molecule has 0 unspecified atom stereocenters. The van der Waals surface area contributed by atoms with Crippen LogP contribution in [0.15, 0.2) is 41.5 Å². The standard InChI is InChI=1S/C12H14N4O/c1-2-13-12-10(5-3-7-14-12)9-16-11(17)6-4-8-15-16/h3-8H,2,9H2,1H3,(H,13,14).